The summed E-state index contributed by atoms with van der Waals surface area (Å²) in [5.41, 5.74) is 0.495. The second kappa shape index (κ2) is 3.84. The van der Waals surface area contributed by atoms with Crippen molar-refractivity contribution in [3.8, 4) is 0 Å². The average Bonchev–Trinajstić information content (AvgIpc) is 3.09. The Bertz CT molecular complexity index is 612. The summed E-state index contributed by atoms with van der Waals surface area (Å²) >= 11 is 14.7. The van der Waals surface area contributed by atoms with Gasteiger partial charge in [-0.15, -0.1) is 35.0 Å². The Morgan fingerprint density at radius 2 is 1.70 bits per heavy atom. The van der Waals surface area contributed by atoms with Crippen LogP contribution in [-0.4, -0.2) is 45.6 Å². The van der Waals surface area contributed by atoms with Crippen LogP contribution < -0.4 is 0 Å². The first-order chi connectivity index (χ1) is 9.46. The van der Waals surface area contributed by atoms with Crippen LogP contribution in [0.4, 0.5) is 0 Å². The van der Waals surface area contributed by atoms with Gasteiger partial charge in [0, 0.05) is 24.9 Å². The number of nitrogens with zero attached hydrogens (tertiary/aromatic N) is 1. The topological polar surface area (TPSA) is 37.1 Å². The van der Waals surface area contributed by atoms with Gasteiger partial charge >= 0.3 is 0 Å². The molecule has 1 heterocycles. The lowest BCUT2D eigenvalue weighted by Crippen LogP contribution is -2.63. The van der Waals surface area contributed by atoms with Crippen LogP contribution in [0.2, 0.25) is 0 Å². The maximum absolute atomic E-state index is 13.0. The number of rotatable bonds is 2. The molecule has 20 heavy (non-hydrogen) atoms. The maximum atomic E-state index is 13.0. The molecular weight excluding hydrogens is 317 g/mol. The number of carbonyl (C=O) groups excluding carboxylic acids is 2. The quantitative estimate of drug-likeness (QED) is 0.442. The van der Waals surface area contributed by atoms with Crippen molar-refractivity contribution in [1.82, 2.24) is 4.90 Å². The summed E-state index contributed by atoms with van der Waals surface area (Å²) in [5, 5.41) is 0. The van der Waals surface area contributed by atoms with Crippen LogP contribution in [0.1, 0.15) is 6.42 Å². The first kappa shape index (κ1) is 13.2. The molecular formula is C14H13Cl2NO2S. The Morgan fingerprint density at radius 1 is 1.15 bits per heavy atom. The molecule has 106 valence electrons. The third-order valence-electron chi connectivity index (χ3n) is 4.90. The molecule has 0 spiro atoms. The first-order valence-electron chi connectivity index (χ1n) is 6.65. The van der Waals surface area contributed by atoms with Crippen molar-refractivity contribution in [1.29, 1.82) is 0 Å². The zero-order valence-electron chi connectivity index (χ0n) is 10.9. The number of carbonyl (C=O) groups is 2. The highest BCUT2D eigenvalue weighted by molar-refractivity contribution is 8.03. The van der Waals surface area contributed by atoms with Crippen molar-refractivity contribution in [2.45, 2.75) is 16.2 Å². The highest BCUT2D eigenvalue weighted by atomic mass is 35.5. The maximum Gasteiger partial charge on any atom is 0.203 e. The summed E-state index contributed by atoms with van der Waals surface area (Å²) in [5.74, 6) is -0.602. The predicted octanol–water partition coefficient (Wildman–Crippen LogP) is 2.19. The summed E-state index contributed by atoms with van der Waals surface area (Å²) in [6.07, 6.45) is 6.41. The molecule has 1 saturated carbocycles. The van der Waals surface area contributed by atoms with Crippen molar-refractivity contribution >= 4 is 46.5 Å². The fourth-order valence-corrected chi connectivity index (χ4v) is 5.57. The molecule has 0 unspecified atom stereocenters. The summed E-state index contributed by atoms with van der Waals surface area (Å²) in [7, 11) is 0. The van der Waals surface area contributed by atoms with E-state index in [1.54, 1.807) is 0 Å². The van der Waals surface area contributed by atoms with Gasteiger partial charge in [0.25, 0.3) is 0 Å². The molecule has 4 atom stereocenters. The summed E-state index contributed by atoms with van der Waals surface area (Å²) in [4.78, 5) is 25.7. The number of hydrogen-bond donors (Lipinski definition) is 0. The fraction of sp³-hybridized carbons (Fsp3) is 0.571. The lowest BCUT2D eigenvalue weighted by Gasteiger charge is -2.45. The number of fused-ring (bicyclic) bond motifs is 5. The molecule has 0 amide bonds. The second-order valence-electron chi connectivity index (χ2n) is 5.78. The second-order valence-corrected chi connectivity index (χ2v) is 7.79. The molecule has 3 nitrogen and oxygen atoms in total. The first-order valence-corrected chi connectivity index (χ1v) is 8.63. The van der Waals surface area contributed by atoms with E-state index < -0.39 is 9.75 Å². The van der Waals surface area contributed by atoms with Crippen LogP contribution in [0.5, 0.6) is 0 Å². The van der Waals surface area contributed by atoms with Crippen LogP contribution in [0.25, 0.3) is 0 Å². The standard InChI is InChI=1S/C14H13Cl2NO2S/c1-20-10-9(17-4-5-17)11(18)13(15)7-2-3-8(6-7)14(13,16)12(10)19/h2-3,7-8H,4-6H2,1H3/t7-,8+,13-,14+/m1/s1. The van der Waals surface area contributed by atoms with Gasteiger partial charge in [-0.05, 0) is 12.7 Å². The van der Waals surface area contributed by atoms with Crippen LogP contribution in [-0.2, 0) is 9.59 Å². The van der Waals surface area contributed by atoms with Crippen molar-refractivity contribution in [3.63, 3.8) is 0 Å². The largest absolute Gasteiger partial charge is 0.364 e. The Labute approximate surface area is 131 Å². The third kappa shape index (κ3) is 1.23. The monoisotopic (exact) mass is 329 g/mol. The van der Waals surface area contributed by atoms with Gasteiger partial charge in [-0.2, -0.15) is 0 Å². The zero-order chi connectivity index (χ0) is 14.3. The minimum atomic E-state index is -1.30. The number of Topliss-reactive ketones (excluding diaryl/α,β-unsaturated/α-hetero) is 2. The Balaban J connectivity index is 1.97. The van der Waals surface area contributed by atoms with E-state index in [0.717, 1.165) is 13.1 Å². The van der Waals surface area contributed by atoms with Crippen LogP contribution in [0.15, 0.2) is 22.8 Å². The van der Waals surface area contributed by atoms with Crippen molar-refractivity contribution in [2.24, 2.45) is 11.8 Å². The van der Waals surface area contributed by atoms with E-state index in [2.05, 4.69) is 0 Å². The summed E-state index contributed by atoms with van der Waals surface area (Å²) in [6.45, 7) is 1.62. The number of halogens is 2. The molecule has 0 aromatic heterocycles. The number of thioether (sulfide) groups is 1. The van der Waals surface area contributed by atoms with E-state index in [0.29, 0.717) is 17.0 Å². The van der Waals surface area contributed by atoms with E-state index in [4.69, 9.17) is 23.2 Å². The Hall–Kier alpha value is -0.450. The number of alkyl halides is 2. The molecule has 3 aliphatic carbocycles. The lowest BCUT2D eigenvalue weighted by molar-refractivity contribution is -0.128. The normalized spacial score (nSPS) is 45.5. The average molecular weight is 330 g/mol. The molecule has 0 N–H and O–H groups in total. The van der Waals surface area contributed by atoms with Gasteiger partial charge in [0.1, 0.15) is 9.75 Å². The van der Waals surface area contributed by atoms with Crippen LogP contribution in [0, 0.1) is 11.8 Å². The number of ketones is 2. The molecule has 2 fully saturated rings. The smallest absolute Gasteiger partial charge is 0.203 e. The highest BCUT2D eigenvalue weighted by Crippen LogP contribution is 2.64. The van der Waals surface area contributed by atoms with Crippen molar-refractivity contribution in [2.75, 3.05) is 19.3 Å². The van der Waals surface area contributed by atoms with Gasteiger partial charge in [-0.1, -0.05) is 12.2 Å². The minimum absolute atomic E-state index is 0.138. The Kier molecular flexibility index (Phi) is 2.54. The van der Waals surface area contributed by atoms with Crippen LogP contribution >= 0.6 is 35.0 Å². The van der Waals surface area contributed by atoms with E-state index in [1.165, 1.54) is 11.8 Å². The molecule has 1 saturated heterocycles. The van der Waals surface area contributed by atoms with Crippen LogP contribution in [0.3, 0.4) is 0 Å². The van der Waals surface area contributed by atoms with E-state index in [-0.39, 0.29) is 23.4 Å². The molecule has 6 heteroatoms. The third-order valence-corrected chi connectivity index (χ3v) is 7.28. The molecule has 4 aliphatic rings. The van der Waals surface area contributed by atoms with E-state index in [1.807, 2.05) is 23.3 Å². The van der Waals surface area contributed by atoms with Gasteiger partial charge in [0.2, 0.25) is 5.78 Å². The van der Waals surface area contributed by atoms with Gasteiger partial charge in [-0.3, -0.25) is 9.59 Å². The SMILES string of the molecule is CSC1=C(N2CC2)C(=O)[C@]2(Cl)[C@@H]3C=C[C@@H](C3)[C@]2(Cl)C1=O. The molecule has 0 aromatic rings. The zero-order valence-corrected chi connectivity index (χ0v) is 13.2. The highest BCUT2D eigenvalue weighted by Gasteiger charge is 2.75. The molecule has 0 aromatic carbocycles. The summed E-state index contributed by atoms with van der Waals surface area (Å²) < 4.78 is 0. The predicted molar refractivity (Wildman–Crippen MR) is 80.0 cm³/mol. The van der Waals surface area contributed by atoms with E-state index >= 15 is 0 Å². The Morgan fingerprint density at radius 3 is 2.20 bits per heavy atom. The van der Waals surface area contributed by atoms with Gasteiger partial charge in [0.15, 0.2) is 5.78 Å². The molecule has 0 radical (unpaired) electrons. The lowest BCUT2D eigenvalue weighted by atomic mass is 9.71. The number of allylic oxidation sites excluding steroid dienone is 4. The summed E-state index contributed by atoms with van der Waals surface area (Å²) in [6, 6.07) is 0. The van der Waals surface area contributed by atoms with Gasteiger partial charge < -0.3 is 4.90 Å². The van der Waals surface area contributed by atoms with Crippen molar-refractivity contribution in [3.05, 3.63) is 22.8 Å². The minimum Gasteiger partial charge on any atom is -0.364 e. The van der Waals surface area contributed by atoms with Gasteiger partial charge in [-0.25, -0.2) is 0 Å². The molecule has 1 aliphatic heterocycles. The fourth-order valence-electron chi connectivity index (χ4n) is 3.79. The van der Waals surface area contributed by atoms with E-state index in [9.17, 15) is 9.59 Å². The van der Waals surface area contributed by atoms with Gasteiger partial charge in [0.05, 0.1) is 10.6 Å². The molecule has 4 rings (SSSR count). The number of hydrogen-bond acceptors (Lipinski definition) is 4. The molecule has 2 bridgehead atoms. The van der Waals surface area contributed by atoms with Crippen molar-refractivity contribution < 1.29 is 9.59 Å².